The van der Waals surface area contributed by atoms with Crippen molar-refractivity contribution in [1.29, 1.82) is 0 Å². The number of aromatic hydroxyl groups is 1. The predicted molar refractivity (Wildman–Crippen MR) is 64.5 cm³/mol. The van der Waals surface area contributed by atoms with Crippen LogP contribution in [-0.4, -0.2) is 55.3 Å². The van der Waals surface area contributed by atoms with E-state index in [9.17, 15) is 18.3 Å². The molecular weight excluding hydrogens is 256 g/mol. The summed E-state index contributed by atoms with van der Waals surface area (Å²) in [6.07, 6.45) is 0.721. The Bertz CT molecular complexity index is 536. The van der Waals surface area contributed by atoms with Gasteiger partial charge in [0.2, 0.25) is 16.4 Å². The van der Waals surface area contributed by atoms with Gasteiger partial charge >= 0.3 is 0 Å². The second-order valence-electron chi connectivity index (χ2n) is 4.04. The average Bonchev–Trinajstić information content (AvgIpc) is 2.39. The first kappa shape index (κ1) is 12.8. The molecule has 1 aliphatic heterocycles. The molecule has 0 aromatic heterocycles. The lowest BCUT2D eigenvalue weighted by Gasteiger charge is -2.31. The molecule has 0 aliphatic carbocycles. The summed E-state index contributed by atoms with van der Waals surface area (Å²) >= 11 is 0. The molecule has 0 atom stereocenters. The molecule has 0 bridgehead atoms. The van der Waals surface area contributed by atoms with E-state index < -0.39 is 10.0 Å². The number of benzene rings is 1. The summed E-state index contributed by atoms with van der Waals surface area (Å²) < 4.78 is 25.8. The maximum absolute atomic E-state index is 12.2. The Kier molecular flexibility index (Phi) is 3.53. The molecule has 0 saturated carbocycles. The highest BCUT2D eigenvalue weighted by Gasteiger charge is 2.28. The number of carbonyl (C=O) groups is 1. The Morgan fingerprint density at radius 1 is 1.17 bits per heavy atom. The van der Waals surface area contributed by atoms with E-state index in [1.54, 1.807) is 0 Å². The number of nitrogens with zero attached hydrogens (tertiary/aromatic N) is 2. The second-order valence-corrected chi connectivity index (χ2v) is 5.98. The van der Waals surface area contributed by atoms with Crippen molar-refractivity contribution in [1.82, 2.24) is 9.21 Å². The fraction of sp³-hybridized carbons (Fsp3) is 0.364. The summed E-state index contributed by atoms with van der Waals surface area (Å²) in [6.45, 7) is 1.33. The lowest BCUT2D eigenvalue weighted by Crippen LogP contribution is -2.47. The van der Waals surface area contributed by atoms with E-state index >= 15 is 0 Å². The average molecular weight is 270 g/mol. The van der Waals surface area contributed by atoms with Gasteiger partial charge in [0.15, 0.2) is 0 Å². The fourth-order valence-corrected chi connectivity index (χ4v) is 3.30. The molecule has 1 aromatic rings. The van der Waals surface area contributed by atoms with Crippen LogP contribution in [0.4, 0.5) is 0 Å². The third-order valence-electron chi connectivity index (χ3n) is 2.88. The topological polar surface area (TPSA) is 77.9 Å². The van der Waals surface area contributed by atoms with E-state index in [2.05, 4.69) is 0 Å². The maximum Gasteiger partial charge on any atom is 0.243 e. The van der Waals surface area contributed by atoms with E-state index in [1.165, 1.54) is 33.5 Å². The van der Waals surface area contributed by atoms with Crippen LogP contribution in [0, 0.1) is 0 Å². The van der Waals surface area contributed by atoms with E-state index in [0.717, 1.165) is 6.41 Å². The number of piperazine rings is 1. The zero-order valence-electron chi connectivity index (χ0n) is 9.69. The van der Waals surface area contributed by atoms with Gasteiger partial charge in [-0.1, -0.05) is 6.07 Å². The first-order valence-electron chi connectivity index (χ1n) is 5.52. The molecule has 1 fully saturated rings. The zero-order valence-corrected chi connectivity index (χ0v) is 10.5. The van der Waals surface area contributed by atoms with Crippen LogP contribution in [0.2, 0.25) is 0 Å². The second kappa shape index (κ2) is 4.95. The summed E-state index contributed by atoms with van der Waals surface area (Å²) in [7, 11) is -3.59. The van der Waals surface area contributed by atoms with E-state index in [4.69, 9.17) is 0 Å². The minimum atomic E-state index is -3.59. The lowest BCUT2D eigenvalue weighted by molar-refractivity contribution is -0.119. The van der Waals surface area contributed by atoms with Crippen molar-refractivity contribution in [2.75, 3.05) is 26.2 Å². The van der Waals surface area contributed by atoms with Gasteiger partial charge in [-0.3, -0.25) is 4.79 Å². The molecule has 1 heterocycles. The molecule has 0 unspecified atom stereocenters. The van der Waals surface area contributed by atoms with Crippen LogP contribution >= 0.6 is 0 Å². The van der Waals surface area contributed by atoms with Crippen molar-refractivity contribution in [2.45, 2.75) is 4.90 Å². The number of phenolic OH excluding ortho intramolecular Hbond substituents is 1. The zero-order chi connectivity index (χ0) is 13.2. The van der Waals surface area contributed by atoms with Crippen LogP contribution in [0.15, 0.2) is 29.2 Å². The largest absolute Gasteiger partial charge is 0.508 e. The van der Waals surface area contributed by atoms with Crippen molar-refractivity contribution in [3.63, 3.8) is 0 Å². The molecule has 2 rings (SSSR count). The molecule has 1 saturated heterocycles. The number of hydrogen-bond donors (Lipinski definition) is 1. The summed E-state index contributed by atoms with van der Waals surface area (Å²) in [6, 6.07) is 5.58. The third kappa shape index (κ3) is 2.46. The monoisotopic (exact) mass is 270 g/mol. The van der Waals surface area contributed by atoms with Gasteiger partial charge in [0.05, 0.1) is 4.90 Å². The SMILES string of the molecule is O=CN1CCN(S(=O)(=O)c2cccc(O)c2)CC1. The number of amides is 1. The van der Waals surface area contributed by atoms with Gasteiger partial charge in [-0.05, 0) is 18.2 Å². The van der Waals surface area contributed by atoms with Gasteiger partial charge < -0.3 is 10.0 Å². The summed E-state index contributed by atoms with van der Waals surface area (Å²) in [5.41, 5.74) is 0. The minimum Gasteiger partial charge on any atom is -0.508 e. The third-order valence-corrected chi connectivity index (χ3v) is 4.77. The molecule has 1 aromatic carbocycles. The number of carbonyl (C=O) groups excluding carboxylic acids is 1. The normalized spacial score (nSPS) is 17.7. The molecule has 0 spiro atoms. The summed E-state index contributed by atoms with van der Waals surface area (Å²) in [4.78, 5) is 12.2. The van der Waals surface area contributed by atoms with Crippen LogP contribution in [0.3, 0.4) is 0 Å². The smallest absolute Gasteiger partial charge is 0.243 e. The number of sulfonamides is 1. The predicted octanol–water partition coefficient (Wildman–Crippen LogP) is -0.145. The molecule has 6 nitrogen and oxygen atoms in total. The highest BCUT2D eigenvalue weighted by Crippen LogP contribution is 2.20. The van der Waals surface area contributed by atoms with E-state index in [1.807, 2.05) is 0 Å². The van der Waals surface area contributed by atoms with Gasteiger partial charge in [-0.15, -0.1) is 0 Å². The highest BCUT2D eigenvalue weighted by molar-refractivity contribution is 7.89. The molecule has 98 valence electrons. The Labute approximate surface area is 105 Å². The minimum absolute atomic E-state index is 0.0713. The molecule has 1 aliphatic rings. The van der Waals surface area contributed by atoms with Gasteiger partial charge in [0.25, 0.3) is 0 Å². The van der Waals surface area contributed by atoms with Crippen LogP contribution in [0.25, 0.3) is 0 Å². The molecule has 18 heavy (non-hydrogen) atoms. The number of rotatable bonds is 3. The summed E-state index contributed by atoms with van der Waals surface area (Å²) in [5.74, 6) is -0.0809. The van der Waals surface area contributed by atoms with Crippen LogP contribution < -0.4 is 0 Å². The lowest BCUT2D eigenvalue weighted by atomic mass is 10.3. The maximum atomic E-state index is 12.2. The standard InChI is InChI=1S/C11H14N2O4S/c14-9-12-4-6-13(7-5-12)18(16,17)11-3-1-2-10(15)8-11/h1-3,8-9,15H,4-7H2. The van der Waals surface area contributed by atoms with Crippen molar-refractivity contribution in [2.24, 2.45) is 0 Å². The van der Waals surface area contributed by atoms with Crippen molar-refractivity contribution >= 4 is 16.4 Å². The van der Waals surface area contributed by atoms with Gasteiger partial charge in [0, 0.05) is 26.2 Å². The Morgan fingerprint density at radius 2 is 1.83 bits per heavy atom. The molecule has 1 N–H and O–H groups in total. The first-order valence-corrected chi connectivity index (χ1v) is 6.96. The highest BCUT2D eigenvalue weighted by atomic mass is 32.2. The Balaban J connectivity index is 2.20. The fourth-order valence-electron chi connectivity index (χ4n) is 1.84. The first-order chi connectivity index (χ1) is 8.54. The molecule has 1 amide bonds. The van der Waals surface area contributed by atoms with Crippen molar-refractivity contribution < 1.29 is 18.3 Å². The van der Waals surface area contributed by atoms with Crippen LogP contribution in [0.5, 0.6) is 5.75 Å². The molecule has 0 radical (unpaired) electrons. The molecular formula is C11H14N2O4S. The summed E-state index contributed by atoms with van der Waals surface area (Å²) in [5, 5.41) is 9.32. The molecule has 7 heteroatoms. The number of phenols is 1. The van der Waals surface area contributed by atoms with Crippen molar-refractivity contribution in [3.8, 4) is 5.75 Å². The van der Waals surface area contributed by atoms with E-state index in [0.29, 0.717) is 13.1 Å². The quantitative estimate of drug-likeness (QED) is 0.775. The van der Waals surface area contributed by atoms with Crippen LogP contribution in [0.1, 0.15) is 0 Å². The Hall–Kier alpha value is -1.60. The van der Waals surface area contributed by atoms with Crippen molar-refractivity contribution in [3.05, 3.63) is 24.3 Å². The van der Waals surface area contributed by atoms with Gasteiger partial charge in [-0.25, -0.2) is 8.42 Å². The van der Waals surface area contributed by atoms with Gasteiger partial charge in [-0.2, -0.15) is 4.31 Å². The Morgan fingerprint density at radius 3 is 2.39 bits per heavy atom. The van der Waals surface area contributed by atoms with Gasteiger partial charge in [0.1, 0.15) is 5.75 Å². The van der Waals surface area contributed by atoms with E-state index in [-0.39, 0.29) is 23.7 Å². The van der Waals surface area contributed by atoms with Crippen LogP contribution in [-0.2, 0) is 14.8 Å². The number of hydrogen-bond acceptors (Lipinski definition) is 4.